The van der Waals surface area contributed by atoms with Crippen LogP contribution in [0.25, 0.3) is 5.70 Å². The van der Waals surface area contributed by atoms with E-state index in [1.54, 1.807) is 0 Å². The van der Waals surface area contributed by atoms with Crippen LogP contribution in [0.4, 0.5) is 5.69 Å². The molecule has 0 saturated carbocycles. The van der Waals surface area contributed by atoms with Crippen molar-refractivity contribution in [1.82, 2.24) is 0 Å². The SMILES string of the molecule is C=C(Nc1ccc(C(C)C)cc1)c1ccccc1. The Morgan fingerprint density at radius 3 is 2.11 bits per heavy atom. The molecule has 0 heterocycles. The first-order chi connectivity index (χ1) is 8.66. The van der Waals surface area contributed by atoms with Crippen LogP contribution in [0.5, 0.6) is 0 Å². The highest BCUT2D eigenvalue weighted by molar-refractivity contribution is 5.75. The lowest BCUT2D eigenvalue weighted by Crippen LogP contribution is -1.97. The fourth-order valence-corrected chi connectivity index (χ4v) is 1.84. The van der Waals surface area contributed by atoms with Crippen molar-refractivity contribution in [3.8, 4) is 0 Å². The van der Waals surface area contributed by atoms with Crippen LogP contribution in [-0.2, 0) is 0 Å². The number of hydrogen-bond donors (Lipinski definition) is 1. The summed E-state index contributed by atoms with van der Waals surface area (Å²) in [5.41, 5.74) is 4.47. The molecule has 0 spiro atoms. The molecule has 1 nitrogen and oxygen atoms in total. The van der Waals surface area contributed by atoms with Gasteiger partial charge in [-0.25, -0.2) is 0 Å². The van der Waals surface area contributed by atoms with E-state index in [2.05, 4.69) is 62.1 Å². The van der Waals surface area contributed by atoms with Crippen molar-refractivity contribution in [2.75, 3.05) is 5.32 Å². The van der Waals surface area contributed by atoms with E-state index in [0.717, 1.165) is 16.9 Å². The van der Waals surface area contributed by atoms with Crippen molar-refractivity contribution < 1.29 is 0 Å². The number of hydrogen-bond acceptors (Lipinski definition) is 1. The predicted octanol–water partition coefficient (Wildman–Crippen LogP) is 4.89. The van der Waals surface area contributed by atoms with E-state index in [0.29, 0.717) is 5.92 Å². The molecular weight excluding hydrogens is 218 g/mol. The van der Waals surface area contributed by atoms with Crippen molar-refractivity contribution in [2.24, 2.45) is 0 Å². The molecule has 0 bridgehead atoms. The summed E-state index contributed by atoms with van der Waals surface area (Å²) in [6.45, 7) is 8.47. The van der Waals surface area contributed by atoms with E-state index in [1.807, 2.05) is 18.2 Å². The van der Waals surface area contributed by atoms with E-state index >= 15 is 0 Å². The zero-order valence-electron chi connectivity index (χ0n) is 11.0. The molecule has 0 aliphatic carbocycles. The fraction of sp³-hybridized carbons (Fsp3) is 0.176. The summed E-state index contributed by atoms with van der Waals surface area (Å²) < 4.78 is 0. The summed E-state index contributed by atoms with van der Waals surface area (Å²) in [5.74, 6) is 0.566. The van der Waals surface area contributed by atoms with E-state index in [9.17, 15) is 0 Å². The zero-order valence-corrected chi connectivity index (χ0v) is 11.0. The van der Waals surface area contributed by atoms with Crippen LogP contribution in [0.1, 0.15) is 30.9 Å². The minimum atomic E-state index is 0.566. The largest absolute Gasteiger partial charge is 0.356 e. The van der Waals surface area contributed by atoms with Crippen molar-refractivity contribution in [3.05, 3.63) is 72.3 Å². The van der Waals surface area contributed by atoms with Gasteiger partial charge in [0.2, 0.25) is 0 Å². The first-order valence-corrected chi connectivity index (χ1v) is 6.28. The van der Waals surface area contributed by atoms with E-state index in [4.69, 9.17) is 0 Å². The maximum absolute atomic E-state index is 4.07. The molecule has 1 heteroatoms. The lowest BCUT2D eigenvalue weighted by molar-refractivity contribution is 0.867. The van der Waals surface area contributed by atoms with Crippen molar-refractivity contribution in [1.29, 1.82) is 0 Å². The van der Waals surface area contributed by atoms with Gasteiger partial charge in [-0.2, -0.15) is 0 Å². The molecule has 0 radical (unpaired) electrons. The first-order valence-electron chi connectivity index (χ1n) is 6.28. The van der Waals surface area contributed by atoms with Crippen molar-refractivity contribution in [2.45, 2.75) is 19.8 Å². The summed E-state index contributed by atoms with van der Waals surface area (Å²) >= 11 is 0. The normalized spacial score (nSPS) is 10.4. The summed E-state index contributed by atoms with van der Waals surface area (Å²) in [7, 11) is 0. The first kappa shape index (κ1) is 12.4. The Morgan fingerprint density at radius 1 is 0.944 bits per heavy atom. The van der Waals surface area contributed by atoms with Crippen LogP contribution in [-0.4, -0.2) is 0 Å². The van der Waals surface area contributed by atoms with Crippen LogP contribution in [0.2, 0.25) is 0 Å². The molecule has 1 N–H and O–H groups in total. The maximum Gasteiger partial charge on any atom is 0.0384 e. The van der Waals surface area contributed by atoms with E-state index < -0.39 is 0 Å². The summed E-state index contributed by atoms with van der Waals surface area (Å²) in [4.78, 5) is 0. The molecule has 0 aliphatic rings. The van der Waals surface area contributed by atoms with Crippen LogP contribution >= 0.6 is 0 Å². The molecule has 0 saturated heterocycles. The Kier molecular flexibility index (Phi) is 3.83. The number of anilines is 1. The molecule has 2 rings (SSSR count). The minimum absolute atomic E-state index is 0.566. The average molecular weight is 237 g/mol. The minimum Gasteiger partial charge on any atom is -0.356 e. The molecule has 0 amide bonds. The van der Waals surface area contributed by atoms with E-state index in [1.165, 1.54) is 5.56 Å². The lowest BCUT2D eigenvalue weighted by atomic mass is 10.0. The van der Waals surface area contributed by atoms with Gasteiger partial charge in [-0.15, -0.1) is 0 Å². The Hall–Kier alpha value is -2.02. The van der Waals surface area contributed by atoms with Crippen molar-refractivity contribution in [3.63, 3.8) is 0 Å². The second-order valence-electron chi connectivity index (χ2n) is 4.75. The van der Waals surface area contributed by atoms with Crippen LogP contribution in [0.15, 0.2) is 61.2 Å². The molecule has 0 aromatic heterocycles. The summed E-state index contributed by atoms with van der Waals surface area (Å²) in [5, 5.41) is 3.33. The highest BCUT2D eigenvalue weighted by Crippen LogP contribution is 2.20. The van der Waals surface area contributed by atoms with Gasteiger partial charge in [0.25, 0.3) is 0 Å². The van der Waals surface area contributed by atoms with Crippen LogP contribution < -0.4 is 5.32 Å². The standard InChI is InChI=1S/C17H19N/c1-13(2)15-9-11-17(12-10-15)18-14(3)16-7-5-4-6-8-16/h4-13,18H,3H2,1-2H3. The molecule has 2 aromatic carbocycles. The van der Waals surface area contributed by atoms with Crippen LogP contribution in [0.3, 0.4) is 0 Å². The smallest absolute Gasteiger partial charge is 0.0384 e. The fourth-order valence-electron chi connectivity index (χ4n) is 1.84. The molecule has 0 unspecified atom stereocenters. The third-order valence-corrected chi connectivity index (χ3v) is 2.99. The lowest BCUT2D eigenvalue weighted by Gasteiger charge is -2.11. The summed E-state index contributed by atoms with van der Waals surface area (Å²) in [6, 6.07) is 18.7. The number of rotatable bonds is 4. The third kappa shape index (κ3) is 3.01. The molecule has 92 valence electrons. The predicted molar refractivity (Wildman–Crippen MR) is 79.6 cm³/mol. The van der Waals surface area contributed by atoms with Crippen molar-refractivity contribution >= 4 is 11.4 Å². The zero-order chi connectivity index (χ0) is 13.0. The van der Waals surface area contributed by atoms with Crippen LogP contribution in [0, 0.1) is 0 Å². The van der Waals surface area contributed by atoms with Gasteiger partial charge < -0.3 is 5.32 Å². The number of nitrogens with one attached hydrogen (secondary N) is 1. The Morgan fingerprint density at radius 2 is 1.56 bits per heavy atom. The third-order valence-electron chi connectivity index (χ3n) is 2.99. The molecule has 18 heavy (non-hydrogen) atoms. The van der Waals surface area contributed by atoms with Gasteiger partial charge in [0.15, 0.2) is 0 Å². The monoisotopic (exact) mass is 237 g/mol. The molecule has 2 aromatic rings. The topological polar surface area (TPSA) is 12.0 Å². The molecule has 0 aliphatic heterocycles. The highest BCUT2D eigenvalue weighted by Gasteiger charge is 2.01. The van der Waals surface area contributed by atoms with Gasteiger partial charge in [0.1, 0.15) is 0 Å². The molecular formula is C17H19N. The molecule has 0 atom stereocenters. The highest BCUT2D eigenvalue weighted by atomic mass is 14.9. The maximum atomic E-state index is 4.07. The quantitative estimate of drug-likeness (QED) is 0.798. The van der Waals surface area contributed by atoms with Gasteiger partial charge in [-0.3, -0.25) is 0 Å². The Balaban J connectivity index is 2.08. The number of benzene rings is 2. The van der Waals surface area contributed by atoms with E-state index in [-0.39, 0.29) is 0 Å². The summed E-state index contributed by atoms with van der Waals surface area (Å²) in [6.07, 6.45) is 0. The van der Waals surface area contributed by atoms with Gasteiger partial charge >= 0.3 is 0 Å². The Bertz CT molecular complexity index is 509. The van der Waals surface area contributed by atoms with Gasteiger partial charge in [-0.1, -0.05) is 62.9 Å². The average Bonchev–Trinajstić information content (AvgIpc) is 2.40. The van der Waals surface area contributed by atoms with Gasteiger partial charge in [0.05, 0.1) is 0 Å². The second kappa shape index (κ2) is 5.54. The van der Waals surface area contributed by atoms with Gasteiger partial charge in [-0.05, 0) is 29.2 Å². The second-order valence-corrected chi connectivity index (χ2v) is 4.75. The van der Waals surface area contributed by atoms with Gasteiger partial charge in [0, 0.05) is 11.4 Å². The Labute approximate surface area is 109 Å². The molecule has 0 fully saturated rings.